The molecule has 3 heterocycles. The Kier molecular flexibility index (Phi) is 5.73. The van der Waals surface area contributed by atoms with Crippen LogP contribution in [0, 0.1) is 5.82 Å². The zero-order valence-electron chi connectivity index (χ0n) is 16.5. The topological polar surface area (TPSA) is 72.4 Å². The minimum atomic E-state index is -0.500. The SMILES string of the molecule is CN1CCN(CCn2cc(-c3cc(Oc4ccc(N)cc4F)ccn3)cn2)CC1. The van der Waals surface area contributed by atoms with E-state index in [1.54, 1.807) is 30.6 Å². The lowest BCUT2D eigenvalue weighted by Crippen LogP contribution is -2.45. The summed E-state index contributed by atoms with van der Waals surface area (Å²) in [5, 5.41) is 4.45. The summed E-state index contributed by atoms with van der Waals surface area (Å²) in [6, 6.07) is 7.82. The third-order valence-corrected chi connectivity index (χ3v) is 5.09. The number of halogens is 1. The van der Waals surface area contributed by atoms with E-state index in [1.807, 2.05) is 10.9 Å². The van der Waals surface area contributed by atoms with E-state index >= 15 is 0 Å². The van der Waals surface area contributed by atoms with Crippen LogP contribution in [0.3, 0.4) is 0 Å². The summed E-state index contributed by atoms with van der Waals surface area (Å²) in [5.41, 5.74) is 7.56. The molecule has 0 spiro atoms. The summed E-state index contributed by atoms with van der Waals surface area (Å²) in [4.78, 5) is 9.20. The summed E-state index contributed by atoms with van der Waals surface area (Å²) in [6.45, 7) is 6.20. The van der Waals surface area contributed by atoms with Gasteiger partial charge in [-0.05, 0) is 25.2 Å². The quantitative estimate of drug-likeness (QED) is 0.646. The normalized spacial score (nSPS) is 15.5. The Labute approximate surface area is 169 Å². The van der Waals surface area contributed by atoms with E-state index in [9.17, 15) is 4.39 Å². The second-order valence-electron chi connectivity index (χ2n) is 7.31. The molecule has 2 aromatic heterocycles. The molecule has 0 bridgehead atoms. The zero-order chi connectivity index (χ0) is 20.2. The Morgan fingerprint density at radius 2 is 1.93 bits per heavy atom. The van der Waals surface area contributed by atoms with E-state index in [2.05, 4.69) is 26.9 Å². The number of nitrogen functional groups attached to an aromatic ring is 1. The van der Waals surface area contributed by atoms with Crippen LogP contribution in [-0.2, 0) is 6.54 Å². The molecule has 29 heavy (non-hydrogen) atoms. The van der Waals surface area contributed by atoms with Crippen molar-refractivity contribution in [2.24, 2.45) is 0 Å². The van der Waals surface area contributed by atoms with E-state index in [0.717, 1.165) is 50.5 Å². The number of hydrogen-bond donors (Lipinski definition) is 1. The van der Waals surface area contributed by atoms with Crippen molar-refractivity contribution in [1.82, 2.24) is 24.6 Å². The van der Waals surface area contributed by atoms with Gasteiger partial charge in [-0.1, -0.05) is 0 Å². The number of likely N-dealkylation sites (N-methyl/N-ethyl adjacent to an activating group) is 1. The molecule has 2 N–H and O–H groups in total. The molecule has 7 nitrogen and oxygen atoms in total. The molecule has 1 aliphatic rings. The maximum absolute atomic E-state index is 14.0. The molecular weight excluding hydrogens is 371 g/mol. The lowest BCUT2D eigenvalue weighted by atomic mass is 10.2. The molecule has 0 atom stereocenters. The first-order valence-corrected chi connectivity index (χ1v) is 9.69. The van der Waals surface area contributed by atoms with Crippen LogP contribution in [0.15, 0.2) is 48.9 Å². The van der Waals surface area contributed by atoms with Crippen LogP contribution >= 0.6 is 0 Å². The Bertz CT molecular complexity index is 967. The van der Waals surface area contributed by atoms with E-state index < -0.39 is 5.82 Å². The van der Waals surface area contributed by atoms with Crippen LogP contribution in [-0.4, -0.2) is 64.3 Å². The summed E-state index contributed by atoms with van der Waals surface area (Å²) in [7, 11) is 2.16. The summed E-state index contributed by atoms with van der Waals surface area (Å²) in [6.07, 6.45) is 5.41. The number of ether oxygens (including phenoxy) is 1. The molecule has 1 saturated heterocycles. The fraction of sp³-hybridized carbons (Fsp3) is 0.333. The maximum Gasteiger partial charge on any atom is 0.167 e. The largest absolute Gasteiger partial charge is 0.454 e. The van der Waals surface area contributed by atoms with Gasteiger partial charge in [0, 0.05) is 68.5 Å². The lowest BCUT2D eigenvalue weighted by Gasteiger charge is -2.32. The molecule has 1 aliphatic heterocycles. The Hall–Kier alpha value is -2.97. The third kappa shape index (κ3) is 4.90. The van der Waals surface area contributed by atoms with Crippen LogP contribution in [0.2, 0.25) is 0 Å². The molecule has 3 aromatic rings. The highest BCUT2D eigenvalue weighted by atomic mass is 19.1. The van der Waals surface area contributed by atoms with Gasteiger partial charge >= 0.3 is 0 Å². The number of aromatic nitrogens is 3. The monoisotopic (exact) mass is 396 g/mol. The van der Waals surface area contributed by atoms with Crippen molar-refractivity contribution < 1.29 is 9.13 Å². The first-order valence-electron chi connectivity index (χ1n) is 9.69. The van der Waals surface area contributed by atoms with Crippen LogP contribution in [0.4, 0.5) is 10.1 Å². The average molecular weight is 396 g/mol. The van der Waals surface area contributed by atoms with Gasteiger partial charge in [0.05, 0.1) is 18.4 Å². The van der Waals surface area contributed by atoms with Gasteiger partial charge in [0.15, 0.2) is 11.6 Å². The van der Waals surface area contributed by atoms with Crippen molar-refractivity contribution in [3.8, 4) is 22.8 Å². The van der Waals surface area contributed by atoms with E-state index in [0.29, 0.717) is 11.4 Å². The highest BCUT2D eigenvalue weighted by molar-refractivity contribution is 5.59. The molecular formula is C21H25FN6O. The third-order valence-electron chi connectivity index (χ3n) is 5.09. The molecule has 8 heteroatoms. The maximum atomic E-state index is 14.0. The Morgan fingerprint density at radius 1 is 1.10 bits per heavy atom. The lowest BCUT2D eigenvalue weighted by molar-refractivity contribution is 0.149. The number of nitrogens with zero attached hydrogens (tertiary/aromatic N) is 5. The van der Waals surface area contributed by atoms with Gasteiger partial charge in [-0.25, -0.2) is 4.39 Å². The Balaban J connectivity index is 1.40. The molecule has 0 unspecified atom stereocenters. The standard InChI is InChI=1S/C21H25FN6O/c1-26-6-8-27(9-7-26)10-11-28-15-16(14-25-28)20-13-18(4-5-24-20)29-21-3-2-17(23)12-19(21)22/h2-5,12-15H,6-11,23H2,1H3. The number of anilines is 1. The smallest absolute Gasteiger partial charge is 0.167 e. The van der Waals surface area contributed by atoms with Gasteiger partial charge in [0.25, 0.3) is 0 Å². The zero-order valence-corrected chi connectivity index (χ0v) is 16.5. The summed E-state index contributed by atoms with van der Waals surface area (Å²) in [5.74, 6) is 0.128. The van der Waals surface area contributed by atoms with Gasteiger partial charge in [0.1, 0.15) is 5.75 Å². The first-order chi connectivity index (χ1) is 14.1. The first kappa shape index (κ1) is 19.4. The number of rotatable bonds is 6. The molecule has 0 amide bonds. The van der Waals surface area contributed by atoms with Crippen molar-refractivity contribution in [3.63, 3.8) is 0 Å². The summed E-state index contributed by atoms with van der Waals surface area (Å²) >= 11 is 0. The molecule has 0 radical (unpaired) electrons. The molecule has 1 fully saturated rings. The van der Waals surface area contributed by atoms with Gasteiger partial charge in [-0.2, -0.15) is 5.10 Å². The molecule has 0 saturated carbocycles. The van der Waals surface area contributed by atoms with E-state index in [4.69, 9.17) is 10.5 Å². The number of pyridine rings is 1. The highest BCUT2D eigenvalue weighted by Crippen LogP contribution is 2.28. The summed E-state index contributed by atoms with van der Waals surface area (Å²) < 4.78 is 21.6. The predicted molar refractivity (Wildman–Crippen MR) is 110 cm³/mol. The van der Waals surface area contributed by atoms with Crippen LogP contribution in [0.5, 0.6) is 11.5 Å². The van der Waals surface area contributed by atoms with Gasteiger partial charge in [0.2, 0.25) is 0 Å². The van der Waals surface area contributed by atoms with Gasteiger partial charge in [-0.3, -0.25) is 14.6 Å². The number of benzene rings is 1. The van der Waals surface area contributed by atoms with Gasteiger partial charge in [-0.15, -0.1) is 0 Å². The van der Waals surface area contributed by atoms with Crippen LogP contribution < -0.4 is 10.5 Å². The van der Waals surface area contributed by atoms with Gasteiger partial charge < -0.3 is 15.4 Å². The second kappa shape index (κ2) is 8.59. The van der Waals surface area contributed by atoms with Crippen molar-refractivity contribution in [1.29, 1.82) is 0 Å². The number of hydrogen-bond acceptors (Lipinski definition) is 6. The fourth-order valence-corrected chi connectivity index (χ4v) is 3.29. The molecule has 1 aromatic carbocycles. The second-order valence-corrected chi connectivity index (χ2v) is 7.31. The number of nitrogens with two attached hydrogens (primary N) is 1. The van der Waals surface area contributed by atoms with Crippen molar-refractivity contribution in [2.75, 3.05) is 45.5 Å². The van der Waals surface area contributed by atoms with E-state index in [-0.39, 0.29) is 5.75 Å². The number of piperazine rings is 1. The Morgan fingerprint density at radius 3 is 2.72 bits per heavy atom. The van der Waals surface area contributed by atoms with Crippen molar-refractivity contribution >= 4 is 5.69 Å². The van der Waals surface area contributed by atoms with Crippen molar-refractivity contribution in [3.05, 3.63) is 54.7 Å². The minimum Gasteiger partial charge on any atom is -0.454 e. The highest BCUT2D eigenvalue weighted by Gasteiger charge is 2.14. The molecule has 4 rings (SSSR count). The van der Waals surface area contributed by atoms with Crippen LogP contribution in [0.1, 0.15) is 0 Å². The average Bonchev–Trinajstić information content (AvgIpc) is 3.19. The molecule has 0 aliphatic carbocycles. The van der Waals surface area contributed by atoms with E-state index in [1.165, 1.54) is 12.1 Å². The molecule has 152 valence electrons. The van der Waals surface area contributed by atoms with Crippen molar-refractivity contribution in [2.45, 2.75) is 6.54 Å². The predicted octanol–water partition coefficient (Wildman–Crippen LogP) is 2.71. The minimum absolute atomic E-state index is 0.124. The fourth-order valence-electron chi connectivity index (χ4n) is 3.29. The van der Waals surface area contributed by atoms with Crippen LogP contribution in [0.25, 0.3) is 11.3 Å².